The predicted molar refractivity (Wildman–Crippen MR) is 88.6 cm³/mol. The zero-order valence-corrected chi connectivity index (χ0v) is 14.4. The topological polar surface area (TPSA) is 6.48 Å². The molecule has 1 aliphatic rings. The van der Waals surface area contributed by atoms with Gasteiger partial charge in [0.15, 0.2) is 0 Å². The van der Waals surface area contributed by atoms with Gasteiger partial charge < -0.3 is 4.90 Å². The van der Waals surface area contributed by atoms with Gasteiger partial charge in [0.2, 0.25) is 0 Å². The molecule has 2 rings (SSSR count). The number of piperazine rings is 1. The monoisotopic (exact) mass is 310 g/mol. The number of nitrogens with zero attached hydrogens (tertiary/aromatic N) is 2. The van der Waals surface area contributed by atoms with E-state index in [4.69, 9.17) is 0 Å². The molecule has 0 spiro atoms. The molecule has 1 unspecified atom stereocenters. The molecule has 22 heavy (non-hydrogen) atoms. The minimum Gasteiger partial charge on any atom is -0.364 e. The van der Waals surface area contributed by atoms with Crippen LogP contribution in [0.5, 0.6) is 0 Å². The highest BCUT2D eigenvalue weighted by molar-refractivity contribution is 5.51. The molecule has 0 N–H and O–H groups in total. The Balaban J connectivity index is 2.21. The minimum absolute atomic E-state index is 0.0109. The van der Waals surface area contributed by atoms with Gasteiger partial charge in [-0.05, 0) is 37.8 Å². The van der Waals surface area contributed by atoms with E-state index in [9.17, 15) is 8.78 Å². The largest absolute Gasteiger partial charge is 0.364 e. The Morgan fingerprint density at radius 1 is 1.14 bits per heavy atom. The summed E-state index contributed by atoms with van der Waals surface area (Å²) in [4.78, 5) is 4.43. The molecule has 1 fully saturated rings. The fourth-order valence-electron chi connectivity index (χ4n) is 3.22. The molecule has 2 atom stereocenters. The van der Waals surface area contributed by atoms with E-state index in [1.54, 1.807) is 0 Å². The maximum Gasteiger partial charge on any atom is 0.146 e. The van der Waals surface area contributed by atoms with Crippen LogP contribution in [-0.2, 0) is 0 Å². The first-order chi connectivity index (χ1) is 10.3. The lowest BCUT2D eigenvalue weighted by atomic mass is 10.0. The van der Waals surface area contributed by atoms with Crippen molar-refractivity contribution in [2.75, 3.05) is 24.5 Å². The Morgan fingerprint density at radius 3 is 2.36 bits per heavy atom. The number of benzene rings is 1. The fourth-order valence-corrected chi connectivity index (χ4v) is 3.22. The van der Waals surface area contributed by atoms with E-state index in [1.165, 1.54) is 12.1 Å². The van der Waals surface area contributed by atoms with Crippen molar-refractivity contribution >= 4 is 5.69 Å². The van der Waals surface area contributed by atoms with E-state index in [-0.39, 0.29) is 23.6 Å². The quantitative estimate of drug-likeness (QED) is 0.813. The zero-order chi connectivity index (χ0) is 16.4. The molecule has 1 aromatic rings. The Bertz CT molecular complexity index is 516. The van der Waals surface area contributed by atoms with Crippen molar-refractivity contribution in [3.63, 3.8) is 0 Å². The van der Waals surface area contributed by atoms with Crippen LogP contribution in [0.25, 0.3) is 0 Å². The highest BCUT2D eigenvalue weighted by atomic mass is 19.1. The highest BCUT2D eigenvalue weighted by Gasteiger charge is 2.28. The zero-order valence-electron chi connectivity index (χ0n) is 14.4. The summed E-state index contributed by atoms with van der Waals surface area (Å²) in [5, 5.41) is 0. The number of rotatable bonds is 4. The molecular weight excluding hydrogens is 282 g/mol. The molecule has 124 valence electrons. The molecule has 1 saturated heterocycles. The van der Waals surface area contributed by atoms with Gasteiger partial charge in [0.25, 0.3) is 0 Å². The highest BCUT2D eigenvalue weighted by Crippen LogP contribution is 2.30. The van der Waals surface area contributed by atoms with Crippen LogP contribution < -0.4 is 4.90 Å². The predicted octanol–water partition coefficient (Wildman–Crippen LogP) is 4.40. The molecule has 1 heterocycles. The molecule has 0 bridgehead atoms. The lowest BCUT2D eigenvalue weighted by molar-refractivity contribution is 0.170. The van der Waals surface area contributed by atoms with E-state index in [2.05, 4.69) is 25.7 Å². The van der Waals surface area contributed by atoms with Gasteiger partial charge in [0, 0.05) is 37.8 Å². The van der Waals surface area contributed by atoms with Gasteiger partial charge in [0.05, 0.1) is 5.69 Å². The van der Waals surface area contributed by atoms with E-state index in [0.29, 0.717) is 17.3 Å². The van der Waals surface area contributed by atoms with Crippen LogP contribution in [0.3, 0.4) is 0 Å². The fraction of sp³-hybridized carbons (Fsp3) is 0.667. The molecule has 1 aliphatic heterocycles. The van der Waals surface area contributed by atoms with E-state index < -0.39 is 0 Å². The molecule has 0 aliphatic carbocycles. The molecule has 0 radical (unpaired) electrons. The average Bonchev–Trinajstić information content (AvgIpc) is 2.48. The second kappa shape index (κ2) is 6.95. The number of halogens is 2. The van der Waals surface area contributed by atoms with Gasteiger partial charge >= 0.3 is 0 Å². The first-order valence-corrected chi connectivity index (χ1v) is 8.34. The first-order valence-electron chi connectivity index (χ1n) is 8.34. The van der Waals surface area contributed by atoms with Crippen LogP contribution >= 0.6 is 0 Å². The van der Waals surface area contributed by atoms with Gasteiger partial charge in [-0.3, -0.25) is 4.90 Å². The molecule has 0 aromatic heterocycles. The smallest absolute Gasteiger partial charge is 0.146 e. The van der Waals surface area contributed by atoms with Gasteiger partial charge in [-0.2, -0.15) is 0 Å². The molecule has 4 heteroatoms. The lowest BCUT2D eigenvalue weighted by Gasteiger charge is -2.43. The molecule has 0 amide bonds. The van der Waals surface area contributed by atoms with E-state index >= 15 is 0 Å². The van der Waals surface area contributed by atoms with Crippen LogP contribution in [-0.4, -0.2) is 36.6 Å². The van der Waals surface area contributed by atoms with Crippen molar-refractivity contribution in [1.29, 1.82) is 0 Å². The van der Waals surface area contributed by atoms with Crippen LogP contribution in [0.1, 0.15) is 52.5 Å². The second-order valence-electron chi connectivity index (χ2n) is 6.77. The van der Waals surface area contributed by atoms with Crippen molar-refractivity contribution in [1.82, 2.24) is 4.90 Å². The standard InChI is InChI=1S/C18H28F2N2/c1-6-13(4)21-7-8-22(14(5)11-21)18-10-16(19)15(12(2)3)9-17(18)20/h9-10,12-14H,6-8,11H2,1-5H3/t13?,14-/m0/s1. The van der Waals surface area contributed by atoms with Crippen molar-refractivity contribution in [3.05, 3.63) is 29.3 Å². The Kier molecular flexibility index (Phi) is 5.43. The summed E-state index contributed by atoms with van der Waals surface area (Å²) < 4.78 is 28.7. The Hall–Kier alpha value is -1.16. The SMILES string of the molecule is CCC(C)N1CCN(c2cc(F)c(C(C)C)cc2F)[C@@H](C)C1. The summed E-state index contributed by atoms with van der Waals surface area (Å²) in [6.45, 7) is 12.8. The summed E-state index contributed by atoms with van der Waals surface area (Å²) in [7, 11) is 0. The molecule has 2 nitrogen and oxygen atoms in total. The van der Waals surface area contributed by atoms with Crippen molar-refractivity contribution < 1.29 is 8.78 Å². The lowest BCUT2D eigenvalue weighted by Crippen LogP contribution is -2.54. The summed E-state index contributed by atoms with van der Waals surface area (Å²) >= 11 is 0. The summed E-state index contributed by atoms with van der Waals surface area (Å²) in [5.41, 5.74) is 0.852. The molecule has 0 saturated carbocycles. The van der Waals surface area contributed by atoms with Crippen molar-refractivity contribution in [3.8, 4) is 0 Å². The Labute approximate surface area is 133 Å². The number of anilines is 1. The summed E-state index contributed by atoms with van der Waals surface area (Å²) in [5.74, 6) is -0.625. The maximum atomic E-state index is 14.4. The van der Waals surface area contributed by atoms with E-state index in [1.807, 2.05) is 18.7 Å². The third-order valence-electron chi connectivity index (χ3n) is 4.87. The van der Waals surface area contributed by atoms with Crippen molar-refractivity contribution in [2.24, 2.45) is 0 Å². The number of hydrogen-bond acceptors (Lipinski definition) is 2. The molecular formula is C18H28F2N2. The van der Waals surface area contributed by atoms with E-state index in [0.717, 1.165) is 26.1 Å². The van der Waals surface area contributed by atoms with Gasteiger partial charge in [0.1, 0.15) is 11.6 Å². The van der Waals surface area contributed by atoms with Gasteiger partial charge in [-0.15, -0.1) is 0 Å². The summed E-state index contributed by atoms with van der Waals surface area (Å²) in [6.07, 6.45) is 1.11. The third-order valence-corrected chi connectivity index (χ3v) is 4.87. The molecule has 1 aromatic carbocycles. The third kappa shape index (κ3) is 3.43. The minimum atomic E-state index is -0.311. The van der Waals surface area contributed by atoms with Crippen LogP contribution in [0, 0.1) is 11.6 Å². The normalized spacial score (nSPS) is 21.5. The van der Waals surface area contributed by atoms with Crippen LogP contribution in [0.2, 0.25) is 0 Å². The van der Waals surface area contributed by atoms with Gasteiger partial charge in [-0.25, -0.2) is 8.78 Å². The second-order valence-corrected chi connectivity index (χ2v) is 6.77. The Morgan fingerprint density at radius 2 is 1.82 bits per heavy atom. The summed E-state index contributed by atoms with van der Waals surface area (Å²) in [6, 6.07) is 3.46. The first kappa shape index (κ1) is 17.2. The van der Waals surface area contributed by atoms with Gasteiger partial charge in [-0.1, -0.05) is 20.8 Å². The maximum absolute atomic E-state index is 14.4. The van der Waals surface area contributed by atoms with Crippen molar-refractivity contribution in [2.45, 2.75) is 59.0 Å². The van der Waals surface area contributed by atoms with Crippen LogP contribution in [0.15, 0.2) is 12.1 Å². The number of hydrogen-bond donors (Lipinski definition) is 0. The average molecular weight is 310 g/mol. The van der Waals surface area contributed by atoms with Crippen LogP contribution in [0.4, 0.5) is 14.5 Å².